The Labute approximate surface area is 198 Å². The Balaban J connectivity index is 1.71. The zero-order valence-electron chi connectivity index (χ0n) is 18.6. The van der Waals surface area contributed by atoms with Gasteiger partial charge in [0, 0.05) is 49.7 Å². The first-order valence-corrected chi connectivity index (χ1v) is 10.9. The molecule has 0 unspecified atom stereocenters. The number of nitriles is 1. The lowest BCUT2D eigenvalue weighted by Crippen LogP contribution is -2.46. The molecule has 3 heterocycles. The zero-order valence-corrected chi connectivity index (χ0v) is 18.6. The van der Waals surface area contributed by atoms with Crippen LogP contribution >= 0.6 is 0 Å². The van der Waals surface area contributed by atoms with Crippen molar-refractivity contribution in [3.63, 3.8) is 0 Å². The summed E-state index contributed by atoms with van der Waals surface area (Å²) in [4.78, 5) is 41.5. The van der Waals surface area contributed by atoms with E-state index in [0.29, 0.717) is 29.8 Å². The standard InChI is InChI=1S/C27H23N5O2/c1-2-15-32-25(16-24(33)23-5-3-22(19-28)4-6-23)31-27(26(32)34,17-20-7-11-29-12-8-20)18-21-9-13-30-14-10-21/h2-14H,1,15-18H2. The Bertz CT molecular complexity index is 1220. The minimum Gasteiger partial charge on any atom is -0.294 e. The Morgan fingerprint density at radius 1 is 0.971 bits per heavy atom. The van der Waals surface area contributed by atoms with Crippen molar-refractivity contribution >= 4 is 17.5 Å². The molecule has 2 aromatic heterocycles. The molecule has 0 fully saturated rings. The van der Waals surface area contributed by atoms with Crippen molar-refractivity contribution in [2.75, 3.05) is 6.54 Å². The van der Waals surface area contributed by atoms with Crippen molar-refractivity contribution in [3.05, 3.63) is 108 Å². The largest absolute Gasteiger partial charge is 0.294 e. The Morgan fingerprint density at radius 2 is 1.53 bits per heavy atom. The van der Waals surface area contributed by atoms with Crippen molar-refractivity contribution in [1.29, 1.82) is 5.26 Å². The van der Waals surface area contributed by atoms with Crippen molar-refractivity contribution in [3.8, 4) is 6.07 Å². The topological polar surface area (TPSA) is 99.3 Å². The van der Waals surface area contributed by atoms with Crippen molar-refractivity contribution in [1.82, 2.24) is 14.9 Å². The number of amidine groups is 1. The molecule has 0 spiro atoms. The van der Waals surface area contributed by atoms with Gasteiger partial charge in [-0.15, -0.1) is 6.58 Å². The van der Waals surface area contributed by atoms with Gasteiger partial charge in [-0.3, -0.25) is 29.4 Å². The van der Waals surface area contributed by atoms with E-state index in [2.05, 4.69) is 16.5 Å². The lowest BCUT2D eigenvalue weighted by molar-refractivity contribution is -0.130. The molecule has 1 amide bonds. The van der Waals surface area contributed by atoms with Gasteiger partial charge in [0.2, 0.25) is 0 Å². The fourth-order valence-electron chi connectivity index (χ4n) is 4.12. The molecule has 7 nitrogen and oxygen atoms in total. The van der Waals surface area contributed by atoms with Gasteiger partial charge in [0.15, 0.2) is 5.78 Å². The molecule has 0 saturated carbocycles. The maximum Gasteiger partial charge on any atom is 0.256 e. The van der Waals surface area contributed by atoms with Crippen LogP contribution in [0, 0.1) is 11.3 Å². The number of Topliss-reactive ketones (excluding diaryl/α,β-unsaturated/α-hetero) is 1. The van der Waals surface area contributed by atoms with Crippen LogP contribution in [0.4, 0.5) is 0 Å². The first-order chi connectivity index (χ1) is 16.5. The van der Waals surface area contributed by atoms with Crippen LogP contribution in [0.3, 0.4) is 0 Å². The summed E-state index contributed by atoms with van der Waals surface area (Å²) in [6.07, 6.45) is 9.11. The number of carbonyl (C=O) groups is 2. The van der Waals surface area contributed by atoms with E-state index in [1.165, 1.54) is 0 Å². The quantitative estimate of drug-likeness (QED) is 0.367. The van der Waals surface area contributed by atoms with E-state index in [0.717, 1.165) is 11.1 Å². The van der Waals surface area contributed by atoms with Crippen molar-refractivity contribution < 1.29 is 9.59 Å². The number of nitrogens with zero attached hydrogens (tertiary/aromatic N) is 5. The lowest BCUT2D eigenvalue weighted by atomic mass is 9.85. The van der Waals surface area contributed by atoms with Crippen LogP contribution in [-0.4, -0.2) is 44.5 Å². The fraction of sp³-hybridized carbons (Fsp3) is 0.185. The third-order valence-electron chi connectivity index (χ3n) is 5.76. The summed E-state index contributed by atoms with van der Waals surface area (Å²) in [5.74, 6) is 0.0831. The van der Waals surface area contributed by atoms with Crippen LogP contribution in [-0.2, 0) is 17.6 Å². The van der Waals surface area contributed by atoms with Gasteiger partial charge in [0.05, 0.1) is 18.1 Å². The molecule has 1 aliphatic rings. The van der Waals surface area contributed by atoms with Gasteiger partial charge in [-0.2, -0.15) is 5.26 Å². The third kappa shape index (κ3) is 4.81. The maximum atomic E-state index is 13.8. The van der Waals surface area contributed by atoms with Crippen LogP contribution in [0.25, 0.3) is 0 Å². The number of aliphatic imine (C=N–C) groups is 1. The number of carbonyl (C=O) groups excluding carboxylic acids is 2. The van der Waals surface area contributed by atoms with E-state index in [1.54, 1.807) is 60.0 Å². The second-order valence-electron chi connectivity index (χ2n) is 8.12. The number of hydrogen-bond acceptors (Lipinski definition) is 6. The number of pyridine rings is 2. The average Bonchev–Trinajstić information content (AvgIpc) is 3.10. The minimum absolute atomic E-state index is 0.0279. The predicted molar refractivity (Wildman–Crippen MR) is 128 cm³/mol. The molecule has 4 rings (SSSR count). The summed E-state index contributed by atoms with van der Waals surface area (Å²) in [5, 5.41) is 9.00. The van der Waals surface area contributed by atoms with Gasteiger partial charge in [0.25, 0.3) is 5.91 Å². The molecule has 3 aromatic rings. The molecule has 168 valence electrons. The summed E-state index contributed by atoms with van der Waals surface area (Å²) >= 11 is 0. The lowest BCUT2D eigenvalue weighted by Gasteiger charge is -2.26. The number of rotatable bonds is 9. The Kier molecular flexibility index (Phi) is 6.69. The molecular formula is C27H23N5O2. The van der Waals surface area contributed by atoms with Gasteiger partial charge in [-0.25, -0.2) is 0 Å². The van der Waals surface area contributed by atoms with E-state index in [4.69, 9.17) is 10.3 Å². The highest BCUT2D eigenvalue weighted by molar-refractivity contribution is 6.17. The number of hydrogen-bond donors (Lipinski definition) is 0. The summed E-state index contributed by atoms with van der Waals surface area (Å²) in [5.41, 5.74) is 1.71. The number of aromatic nitrogens is 2. The van der Waals surface area contributed by atoms with Crippen LogP contribution in [0.2, 0.25) is 0 Å². The van der Waals surface area contributed by atoms with E-state index < -0.39 is 5.54 Å². The molecule has 0 bridgehead atoms. The van der Waals surface area contributed by atoms with Gasteiger partial charge >= 0.3 is 0 Å². The normalized spacial score (nSPS) is 14.4. The van der Waals surface area contributed by atoms with Gasteiger partial charge in [-0.1, -0.05) is 18.2 Å². The van der Waals surface area contributed by atoms with Crippen LogP contribution < -0.4 is 0 Å². The highest BCUT2D eigenvalue weighted by atomic mass is 16.2. The van der Waals surface area contributed by atoms with Gasteiger partial charge < -0.3 is 0 Å². The molecule has 7 heteroatoms. The molecule has 1 aromatic carbocycles. The van der Waals surface area contributed by atoms with E-state index in [1.807, 2.05) is 30.3 Å². The maximum absolute atomic E-state index is 13.8. The molecule has 0 aliphatic carbocycles. The highest BCUT2D eigenvalue weighted by Gasteiger charge is 2.48. The molecule has 0 radical (unpaired) electrons. The molecule has 0 atom stereocenters. The Morgan fingerprint density at radius 3 is 2.03 bits per heavy atom. The summed E-state index contributed by atoms with van der Waals surface area (Å²) in [6, 6.07) is 16.0. The number of benzene rings is 1. The molecular weight excluding hydrogens is 426 g/mol. The second kappa shape index (κ2) is 10.0. The molecule has 34 heavy (non-hydrogen) atoms. The summed E-state index contributed by atoms with van der Waals surface area (Å²) in [7, 11) is 0. The van der Waals surface area contributed by atoms with Gasteiger partial charge in [0.1, 0.15) is 11.4 Å². The number of ketones is 1. The molecule has 1 aliphatic heterocycles. The van der Waals surface area contributed by atoms with Crippen LogP contribution in [0.1, 0.15) is 33.5 Å². The third-order valence-corrected chi connectivity index (χ3v) is 5.76. The minimum atomic E-state index is -1.09. The summed E-state index contributed by atoms with van der Waals surface area (Å²) < 4.78 is 0. The first kappa shape index (κ1) is 22.7. The highest BCUT2D eigenvalue weighted by Crippen LogP contribution is 2.32. The van der Waals surface area contributed by atoms with Crippen LogP contribution in [0.15, 0.2) is 91.0 Å². The fourth-order valence-corrected chi connectivity index (χ4v) is 4.12. The molecule has 0 N–H and O–H groups in total. The monoisotopic (exact) mass is 449 g/mol. The second-order valence-corrected chi connectivity index (χ2v) is 8.12. The van der Waals surface area contributed by atoms with Crippen LogP contribution in [0.5, 0.6) is 0 Å². The van der Waals surface area contributed by atoms with E-state index >= 15 is 0 Å². The van der Waals surface area contributed by atoms with E-state index in [9.17, 15) is 9.59 Å². The van der Waals surface area contributed by atoms with E-state index in [-0.39, 0.29) is 24.7 Å². The zero-order chi connectivity index (χ0) is 24.0. The predicted octanol–water partition coefficient (Wildman–Crippen LogP) is 3.57. The first-order valence-electron chi connectivity index (χ1n) is 10.9. The SMILES string of the molecule is C=CCN1C(=O)C(Cc2ccncc2)(Cc2ccncc2)N=C1CC(=O)c1ccc(C#N)cc1. The van der Waals surface area contributed by atoms with Crippen molar-refractivity contribution in [2.24, 2.45) is 4.99 Å². The van der Waals surface area contributed by atoms with Crippen molar-refractivity contribution in [2.45, 2.75) is 24.8 Å². The summed E-state index contributed by atoms with van der Waals surface area (Å²) in [6.45, 7) is 4.04. The van der Waals surface area contributed by atoms with Gasteiger partial charge in [-0.05, 0) is 47.5 Å². The Hall–Kier alpha value is -4.44. The number of amides is 1. The smallest absolute Gasteiger partial charge is 0.256 e. The molecule has 0 saturated heterocycles. The average molecular weight is 450 g/mol.